The van der Waals surface area contributed by atoms with Gasteiger partial charge in [-0.3, -0.25) is 10.1 Å². The van der Waals surface area contributed by atoms with Crippen molar-refractivity contribution in [2.75, 3.05) is 0 Å². The van der Waals surface area contributed by atoms with Gasteiger partial charge in [0.25, 0.3) is 5.69 Å². The monoisotopic (exact) mass is 178 g/mol. The minimum absolute atomic E-state index is 0.112. The number of hydrogen-bond donors (Lipinski definition) is 1. The van der Waals surface area contributed by atoms with E-state index in [0.717, 1.165) is 12.0 Å². The zero-order chi connectivity index (χ0) is 9.42. The van der Waals surface area contributed by atoms with Gasteiger partial charge in [-0.25, -0.2) is 0 Å². The first-order valence-electron chi connectivity index (χ1n) is 4.19. The maximum absolute atomic E-state index is 10.6. The first-order chi connectivity index (χ1) is 6.20. The molecule has 0 aliphatic heterocycles. The summed E-state index contributed by atoms with van der Waals surface area (Å²) in [5.41, 5.74) is 6.62. The van der Waals surface area contributed by atoms with Crippen LogP contribution in [0.15, 0.2) is 24.3 Å². The SMILES string of the molecule is NC1CC1c1ccccc1[N+](=O)[O-]. The van der Waals surface area contributed by atoms with Crippen LogP contribution in [-0.2, 0) is 0 Å². The molecule has 68 valence electrons. The quantitative estimate of drug-likeness (QED) is 0.549. The Morgan fingerprint density at radius 2 is 2.08 bits per heavy atom. The molecule has 4 heteroatoms. The van der Waals surface area contributed by atoms with Gasteiger partial charge < -0.3 is 5.73 Å². The van der Waals surface area contributed by atoms with Crippen LogP contribution in [0.2, 0.25) is 0 Å². The molecule has 0 amide bonds. The first-order valence-corrected chi connectivity index (χ1v) is 4.19. The highest BCUT2D eigenvalue weighted by atomic mass is 16.6. The molecule has 1 aliphatic carbocycles. The lowest BCUT2D eigenvalue weighted by Gasteiger charge is -1.99. The maximum atomic E-state index is 10.6. The highest BCUT2D eigenvalue weighted by Crippen LogP contribution is 2.42. The molecule has 1 fully saturated rings. The van der Waals surface area contributed by atoms with Crippen LogP contribution < -0.4 is 5.73 Å². The Kier molecular flexibility index (Phi) is 1.77. The van der Waals surface area contributed by atoms with Crippen LogP contribution in [0, 0.1) is 10.1 Å². The zero-order valence-corrected chi connectivity index (χ0v) is 7.01. The summed E-state index contributed by atoms with van der Waals surface area (Å²) in [4.78, 5) is 10.3. The predicted octanol–water partition coefficient (Wildman–Crippen LogP) is 1.41. The Labute approximate surface area is 75.5 Å². The van der Waals surface area contributed by atoms with Crippen molar-refractivity contribution in [3.05, 3.63) is 39.9 Å². The first kappa shape index (κ1) is 8.19. The minimum atomic E-state index is -0.347. The molecule has 0 heterocycles. The number of nitrogens with zero attached hydrogens (tertiary/aromatic N) is 1. The van der Waals surface area contributed by atoms with Gasteiger partial charge in [-0.15, -0.1) is 0 Å². The summed E-state index contributed by atoms with van der Waals surface area (Å²) >= 11 is 0. The molecule has 2 rings (SSSR count). The fourth-order valence-electron chi connectivity index (χ4n) is 1.54. The number of rotatable bonds is 2. The molecule has 2 N–H and O–H groups in total. The third-order valence-corrected chi connectivity index (χ3v) is 2.37. The molecular weight excluding hydrogens is 168 g/mol. The van der Waals surface area contributed by atoms with Crippen LogP contribution in [0.25, 0.3) is 0 Å². The van der Waals surface area contributed by atoms with Crippen LogP contribution >= 0.6 is 0 Å². The summed E-state index contributed by atoms with van der Waals surface area (Å²) in [6.45, 7) is 0. The third-order valence-electron chi connectivity index (χ3n) is 2.37. The molecule has 1 aromatic rings. The molecular formula is C9H10N2O2. The van der Waals surface area contributed by atoms with Crippen molar-refractivity contribution in [2.45, 2.75) is 18.4 Å². The second kappa shape index (κ2) is 2.81. The van der Waals surface area contributed by atoms with Crippen LogP contribution in [-0.4, -0.2) is 11.0 Å². The molecule has 0 aromatic heterocycles. The predicted molar refractivity (Wildman–Crippen MR) is 48.4 cm³/mol. The minimum Gasteiger partial charge on any atom is -0.327 e. The van der Waals surface area contributed by atoms with E-state index in [1.807, 2.05) is 6.07 Å². The third kappa shape index (κ3) is 1.40. The highest BCUT2D eigenvalue weighted by molar-refractivity contribution is 5.45. The Morgan fingerprint density at radius 3 is 2.62 bits per heavy atom. The van der Waals surface area contributed by atoms with Gasteiger partial charge >= 0.3 is 0 Å². The summed E-state index contributed by atoms with van der Waals surface area (Å²) in [6, 6.07) is 6.92. The molecule has 0 saturated heterocycles. The Hall–Kier alpha value is -1.42. The molecule has 2 atom stereocenters. The fourth-order valence-corrected chi connectivity index (χ4v) is 1.54. The second-order valence-electron chi connectivity index (χ2n) is 3.32. The zero-order valence-electron chi connectivity index (χ0n) is 7.01. The summed E-state index contributed by atoms with van der Waals surface area (Å²) in [5.74, 6) is 0.196. The van der Waals surface area contributed by atoms with Crippen molar-refractivity contribution >= 4 is 5.69 Å². The molecule has 2 unspecified atom stereocenters. The van der Waals surface area contributed by atoms with Crippen molar-refractivity contribution in [1.82, 2.24) is 0 Å². The summed E-state index contributed by atoms with van der Waals surface area (Å²) < 4.78 is 0. The van der Waals surface area contributed by atoms with Gasteiger partial charge in [0.2, 0.25) is 0 Å². The van der Waals surface area contributed by atoms with Crippen LogP contribution in [0.1, 0.15) is 17.9 Å². The topological polar surface area (TPSA) is 69.2 Å². The van der Waals surface area contributed by atoms with E-state index in [4.69, 9.17) is 5.73 Å². The maximum Gasteiger partial charge on any atom is 0.272 e. The van der Waals surface area contributed by atoms with Crippen molar-refractivity contribution < 1.29 is 4.92 Å². The molecule has 1 aromatic carbocycles. The van der Waals surface area contributed by atoms with Gasteiger partial charge in [-0.2, -0.15) is 0 Å². The average Bonchev–Trinajstić information content (AvgIpc) is 2.82. The lowest BCUT2D eigenvalue weighted by atomic mass is 10.1. The molecule has 0 radical (unpaired) electrons. The van der Waals surface area contributed by atoms with Gasteiger partial charge in [0.05, 0.1) is 4.92 Å². The number of nitro groups is 1. The standard InChI is InChI=1S/C9H10N2O2/c10-8-5-7(8)6-3-1-2-4-9(6)11(12)13/h1-4,7-8H,5,10H2. The van der Waals surface area contributed by atoms with Gasteiger partial charge in [0.1, 0.15) is 0 Å². The van der Waals surface area contributed by atoms with Gasteiger partial charge in [0, 0.05) is 23.6 Å². The van der Waals surface area contributed by atoms with E-state index in [2.05, 4.69) is 0 Å². The molecule has 13 heavy (non-hydrogen) atoms. The highest BCUT2D eigenvalue weighted by Gasteiger charge is 2.38. The van der Waals surface area contributed by atoms with E-state index in [9.17, 15) is 10.1 Å². The van der Waals surface area contributed by atoms with E-state index in [1.165, 1.54) is 6.07 Å². The van der Waals surface area contributed by atoms with Crippen LogP contribution in [0.5, 0.6) is 0 Å². The molecule has 0 spiro atoms. The number of benzene rings is 1. The fraction of sp³-hybridized carbons (Fsp3) is 0.333. The van der Waals surface area contributed by atoms with Gasteiger partial charge in [-0.05, 0) is 6.42 Å². The van der Waals surface area contributed by atoms with E-state index < -0.39 is 0 Å². The normalized spacial score (nSPS) is 25.6. The second-order valence-corrected chi connectivity index (χ2v) is 3.32. The van der Waals surface area contributed by atoms with E-state index >= 15 is 0 Å². The summed E-state index contributed by atoms with van der Waals surface area (Å²) in [5, 5.41) is 10.6. The largest absolute Gasteiger partial charge is 0.327 e. The lowest BCUT2D eigenvalue weighted by Crippen LogP contribution is -2.02. The van der Waals surface area contributed by atoms with Gasteiger partial charge in [0.15, 0.2) is 0 Å². The van der Waals surface area contributed by atoms with E-state index in [-0.39, 0.29) is 22.6 Å². The van der Waals surface area contributed by atoms with Crippen LogP contribution in [0.3, 0.4) is 0 Å². The van der Waals surface area contributed by atoms with Crippen molar-refractivity contribution in [3.8, 4) is 0 Å². The smallest absolute Gasteiger partial charge is 0.272 e. The van der Waals surface area contributed by atoms with Crippen molar-refractivity contribution in [2.24, 2.45) is 5.73 Å². The Balaban J connectivity index is 2.38. The number of nitrogens with two attached hydrogens (primary N) is 1. The van der Waals surface area contributed by atoms with Gasteiger partial charge in [-0.1, -0.05) is 18.2 Å². The van der Waals surface area contributed by atoms with E-state index in [0.29, 0.717) is 0 Å². The molecule has 0 bridgehead atoms. The number of para-hydroxylation sites is 1. The lowest BCUT2D eigenvalue weighted by molar-refractivity contribution is -0.385. The average molecular weight is 178 g/mol. The Bertz CT molecular complexity index is 351. The molecule has 1 saturated carbocycles. The molecule has 4 nitrogen and oxygen atoms in total. The number of nitro benzene ring substituents is 1. The van der Waals surface area contributed by atoms with Crippen molar-refractivity contribution in [1.29, 1.82) is 0 Å². The van der Waals surface area contributed by atoms with Crippen molar-refractivity contribution in [3.63, 3.8) is 0 Å². The summed E-state index contributed by atoms with van der Waals surface area (Å²) in [6.07, 6.45) is 0.866. The summed E-state index contributed by atoms with van der Waals surface area (Å²) in [7, 11) is 0. The van der Waals surface area contributed by atoms with E-state index in [1.54, 1.807) is 12.1 Å². The Morgan fingerprint density at radius 1 is 1.46 bits per heavy atom. The number of hydrogen-bond acceptors (Lipinski definition) is 3. The molecule has 1 aliphatic rings. The van der Waals surface area contributed by atoms with Crippen LogP contribution in [0.4, 0.5) is 5.69 Å².